The van der Waals surface area contributed by atoms with Crippen LogP contribution in [0, 0.1) is 5.92 Å². The summed E-state index contributed by atoms with van der Waals surface area (Å²) in [5.41, 5.74) is 7.07. The molecule has 1 aromatic carbocycles. The number of amides is 1. The van der Waals surface area contributed by atoms with Gasteiger partial charge >= 0.3 is 0 Å². The fourth-order valence-corrected chi connectivity index (χ4v) is 3.42. The summed E-state index contributed by atoms with van der Waals surface area (Å²) in [5, 5.41) is 0. The van der Waals surface area contributed by atoms with Gasteiger partial charge in [-0.05, 0) is 65.7 Å². The molecular weight excluding hydrogens is 316 g/mol. The Balaban J connectivity index is 2.07. The van der Waals surface area contributed by atoms with Gasteiger partial charge in [0.1, 0.15) is 0 Å². The molecule has 0 heterocycles. The van der Waals surface area contributed by atoms with Crippen molar-refractivity contribution in [1.82, 2.24) is 4.90 Å². The molecule has 0 aliphatic heterocycles. The standard InChI is InChI=1S/C16H23BrN2O/c1-3-11-4-7-13(8-5-11)19(2)16(20)14-10-12(18)6-9-15(14)17/h6,9-11,13H,3-5,7-8,18H2,1-2H3. The number of anilines is 1. The molecule has 0 radical (unpaired) electrons. The Morgan fingerprint density at radius 2 is 2.00 bits per heavy atom. The van der Waals surface area contributed by atoms with Crippen molar-refractivity contribution in [3.8, 4) is 0 Å². The topological polar surface area (TPSA) is 46.3 Å². The lowest BCUT2D eigenvalue weighted by atomic mass is 9.84. The summed E-state index contributed by atoms with van der Waals surface area (Å²) >= 11 is 3.44. The van der Waals surface area contributed by atoms with Crippen LogP contribution in [0.15, 0.2) is 22.7 Å². The molecule has 4 heteroatoms. The number of carbonyl (C=O) groups excluding carboxylic acids is 1. The van der Waals surface area contributed by atoms with Crippen LogP contribution in [-0.2, 0) is 0 Å². The molecule has 110 valence electrons. The molecule has 0 spiro atoms. The third-order valence-corrected chi connectivity index (χ3v) is 5.17. The highest BCUT2D eigenvalue weighted by molar-refractivity contribution is 9.10. The highest BCUT2D eigenvalue weighted by atomic mass is 79.9. The first-order valence-corrected chi connectivity index (χ1v) is 8.14. The summed E-state index contributed by atoms with van der Waals surface area (Å²) in [7, 11) is 1.91. The molecule has 1 aromatic rings. The average molecular weight is 339 g/mol. The van der Waals surface area contributed by atoms with Gasteiger partial charge in [0, 0.05) is 23.2 Å². The van der Waals surface area contributed by atoms with Crippen LogP contribution in [0.25, 0.3) is 0 Å². The average Bonchev–Trinajstić information content (AvgIpc) is 2.48. The van der Waals surface area contributed by atoms with Crippen LogP contribution in [0.4, 0.5) is 5.69 Å². The Kier molecular flexibility index (Phi) is 5.08. The largest absolute Gasteiger partial charge is 0.399 e. The van der Waals surface area contributed by atoms with Crippen molar-refractivity contribution in [2.75, 3.05) is 12.8 Å². The van der Waals surface area contributed by atoms with E-state index in [4.69, 9.17) is 5.73 Å². The zero-order valence-corrected chi connectivity index (χ0v) is 13.8. The molecule has 0 atom stereocenters. The minimum atomic E-state index is 0.0594. The summed E-state index contributed by atoms with van der Waals surface area (Å²) in [6.07, 6.45) is 5.94. The van der Waals surface area contributed by atoms with E-state index >= 15 is 0 Å². The summed E-state index contributed by atoms with van der Waals surface area (Å²) in [5.74, 6) is 0.901. The van der Waals surface area contributed by atoms with Crippen molar-refractivity contribution in [2.45, 2.75) is 45.1 Å². The van der Waals surface area contributed by atoms with Gasteiger partial charge in [0.15, 0.2) is 0 Å². The van der Waals surface area contributed by atoms with Crippen molar-refractivity contribution >= 4 is 27.5 Å². The molecule has 0 aromatic heterocycles. The van der Waals surface area contributed by atoms with Crippen LogP contribution < -0.4 is 5.73 Å². The van der Waals surface area contributed by atoms with E-state index in [0.29, 0.717) is 17.3 Å². The van der Waals surface area contributed by atoms with Crippen LogP contribution in [0.2, 0.25) is 0 Å². The minimum absolute atomic E-state index is 0.0594. The number of carbonyl (C=O) groups is 1. The fraction of sp³-hybridized carbons (Fsp3) is 0.562. The molecular formula is C16H23BrN2O. The van der Waals surface area contributed by atoms with Crippen molar-refractivity contribution in [3.05, 3.63) is 28.2 Å². The zero-order valence-electron chi connectivity index (χ0n) is 12.2. The number of rotatable bonds is 3. The molecule has 1 fully saturated rings. The Bertz CT molecular complexity index is 481. The van der Waals surface area contributed by atoms with E-state index in [2.05, 4.69) is 22.9 Å². The summed E-state index contributed by atoms with van der Waals surface area (Å²) in [6.45, 7) is 2.25. The Morgan fingerprint density at radius 3 is 2.60 bits per heavy atom. The maximum absolute atomic E-state index is 12.6. The van der Waals surface area contributed by atoms with E-state index in [1.807, 2.05) is 18.0 Å². The number of hydrogen-bond acceptors (Lipinski definition) is 2. The van der Waals surface area contributed by atoms with E-state index in [1.165, 1.54) is 19.3 Å². The monoisotopic (exact) mass is 338 g/mol. The van der Waals surface area contributed by atoms with Crippen LogP contribution in [-0.4, -0.2) is 23.9 Å². The molecule has 0 unspecified atom stereocenters. The molecule has 1 amide bonds. The normalized spacial score (nSPS) is 22.6. The third-order valence-electron chi connectivity index (χ3n) is 4.48. The van der Waals surface area contributed by atoms with E-state index in [0.717, 1.165) is 23.2 Å². The summed E-state index contributed by atoms with van der Waals surface area (Å²) in [4.78, 5) is 14.5. The second-order valence-corrected chi connectivity index (χ2v) is 6.59. The van der Waals surface area contributed by atoms with Gasteiger partial charge in [-0.2, -0.15) is 0 Å². The maximum atomic E-state index is 12.6. The molecule has 1 aliphatic carbocycles. The van der Waals surface area contributed by atoms with Gasteiger partial charge in [-0.1, -0.05) is 13.3 Å². The van der Waals surface area contributed by atoms with E-state index in [-0.39, 0.29) is 5.91 Å². The predicted octanol–water partition coefficient (Wildman–Crippen LogP) is 4.07. The van der Waals surface area contributed by atoms with Gasteiger partial charge in [-0.3, -0.25) is 4.79 Å². The van der Waals surface area contributed by atoms with Gasteiger partial charge in [-0.15, -0.1) is 0 Å². The molecule has 20 heavy (non-hydrogen) atoms. The van der Waals surface area contributed by atoms with E-state index in [9.17, 15) is 4.79 Å². The lowest BCUT2D eigenvalue weighted by molar-refractivity contribution is 0.0674. The molecule has 0 saturated heterocycles. The van der Waals surface area contributed by atoms with Crippen LogP contribution >= 0.6 is 15.9 Å². The van der Waals surface area contributed by atoms with Gasteiger partial charge < -0.3 is 10.6 Å². The minimum Gasteiger partial charge on any atom is -0.399 e. The highest BCUT2D eigenvalue weighted by Crippen LogP contribution is 2.30. The zero-order chi connectivity index (χ0) is 14.7. The quantitative estimate of drug-likeness (QED) is 0.844. The summed E-state index contributed by atoms with van der Waals surface area (Å²) in [6, 6.07) is 5.75. The molecule has 3 nitrogen and oxygen atoms in total. The molecule has 0 bridgehead atoms. The lowest BCUT2D eigenvalue weighted by Crippen LogP contribution is -2.39. The summed E-state index contributed by atoms with van der Waals surface area (Å²) < 4.78 is 0.811. The first-order chi connectivity index (χ1) is 9.52. The van der Waals surface area contributed by atoms with Crippen molar-refractivity contribution in [2.24, 2.45) is 5.92 Å². The predicted molar refractivity (Wildman–Crippen MR) is 86.7 cm³/mol. The van der Waals surface area contributed by atoms with Gasteiger partial charge in [0.25, 0.3) is 5.91 Å². The van der Waals surface area contributed by atoms with Crippen LogP contribution in [0.3, 0.4) is 0 Å². The maximum Gasteiger partial charge on any atom is 0.255 e. The molecule has 2 rings (SSSR count). The second-order valence-electron chi connectivity index (χ2n) is 5.74. The number of halogens is 1. The molecule has 1 aliphatic rings. The number of nitrogens with zero attached hydrogens (tertiary/aromatic N) is 1. The van der Waals surface area contributed by atoms with Crippen LogP contribution in [0.1, 0.15) is 49.4 Å². The lowest BCUT2D eigenvalue weighted by Gasteiger charge is -2.34. The van der Waals surface area contributed by atoms with Gasteiger partial charge in [0.2, 0.25) is 0 Å². The number of hydrogen-bond donors (Lipinski definition) is 1. The molecule has 2 N–H and O–H groups in total. The van der Waals surface area contributed by atoms with Crippen molar-refractivity contribution < 1.29 is 4.79 Å². The fourth-order valence-electron chi connectivity index (χ4n) is 3.00. The van der Waals surface area contributed by atoms with Crippen molar-refractivity contribution in [3.63, 3.8) is 0 Å². The van der Waals surface area contributed by atoms with E-state index in [1.54, 1.807) is 12.1 Å². The number of nitrogens with two attached hydrogens (primary N) is 1. The van der Waals surface area contributed by atoms with Gasteiger partial charge in [0.05, 0.1) is 5.56 Å². The Hall–Kier alpha value is -1.03. The van der Waals surface area contributed by atoms with Gasteiger partial charge in [-0.25, -0.2) is 0 Å². The smallest absolute Gasteiger partial charge is 0.255 e. The van der Waals surface area contributed by atoms with Crippen molar-refractivity contribution in [1.29, 1.82) is 0 Å². The van der Waals surface area contributed by atoms with Crippen LogP contribution in [0.5, 0.6) is 0 Å². The second kappa shape index (κ2) is 6.61. The van der Waals surface area contributed by atoms with E-state index < -0.39 is 0 Å². The first kappa shape index (κ1) is 15.4. The first-order valence-electron chi connectivity index (χ1n) is 7.35. The SMILES string of the molecule is CCC1CCC(N(C)C(=O)c2cc(N)ccc2Br)CC1. The highest BCUT2D eigenvalue weighted by Gasteiger charge is 2.27. The Morgan fingerprint density at radius 1 is 1.35 bits per heavy atom. The molecule has 1 saturated carbocycles. The Labute approximate surface area is 129 Å². The number of benzene rings is 1. The third kappa shape index (κ3) is 3.35. The number of nitrogen functional groups attached to an aromatic ring is 1.